The molecule has 2 aliphatic rings. The fraction of sp³-hybridized carbons (Fsp3) is 0.714. The summed E-state index contributed by atoms with van der Waals surface area (Å²) in [4.78, 5) is 0. The first kappa shape index (κ1) is 17.7. The van der Waals surface area contributed by atoms with Gasteiger partial charge in [0.15, 0.2) is 11.6 Å². The fourth-order valence-electron chi connectivity index (χ4n) is 5.08. The molecule has 3 rings (SSSR count). The van der Waals surface area contributed by atoms with Crippen LogP contribution in [0.1, 0.15) is 82.6 Å². The first-order valence-electron chi connectivity index (χ1n) is 9.82. The number of nitrogens with two attached hydrogens (primary N) is 1. The monoisotopic (exact) mass is 335 g/mol. The molecule has 24 heavy (non-hydrogen) atoms. The zero-order chi connectivity index (χ0) is 17.1. The molecule has 1 aromatic carbocycles. The first-order chi connectivity index (χ1) is 11.6. The Morgan fingerprint density at radius 1 is 0.917 bits per heavy atom. The summed E-state index contributed by atoms with van der Waals surface area (Å²) in [5.74, 6) is 1.29. The van der Waals surface area contributed by atoms with Crippen molar-refractivity contribution in [1.82, 2.24) is 0 Å². The summed E-state index contributed by atoms with van der Waals surface area (Å²) in [5.41, 5.74) is 6.43. The van der Waals surface area contributed by atoms with Crippen molar-refractivity contribution in [3.63, 3.8) is 0 Å². The van der Waals surface area contributed by atoms with E-state index in [1.165, 1.54) is 57.4 Å². The molecule has 0 aromatic heterocycles. The lowest BCUT2D eigenvalue weighted by Gasteiger charge is -2.34. The summed E-state index contributed by atoms with van der Waals surface area (Å²) in [6.07, 6.45) is 13.0. The largest absolute Gasteiger partial charge is 0.396 e. The van der Waals surface area contributed by atoms with E-state index in [-0.39, 0.29) is 5.69 Å². The zero-order valence-electron chi connectivity index (χ0n) is 14.9. The van der Waals surface area contributed by atoms with E-state index in [2.05, 4.69) is 6.92 Å². The van der Waals surface area contributed by atoms with Gasteiger partial charge in [-0.15, -0.1) is 0 Å². The lowest BCUT2D eigenvalue weighted by atomic mass is 9.72. The molecule has 0 radical (unpaired) electrons. The van der Waals surface area contributed by atoms with Crippen molar-refractivity contribution < 1.29 is 8.78 Å². The van der Waals surface area contributed by atoms with E-state index < -0.39 is 11.6 Å². The van der Waals surface area contributed by atoms with Gasteiger partial charge in [0.25, 0.3) is 0 Å². The van der Waals surface area contributed by atoms with Crippen LogP contribution in [0.15, 0.2) is 12.1 Å². The summed E-state index contributed by atoms with van der Waals surface area (Å²) in [5, 5.41) is 0. The molecule has 1 nitrogen and oxygen atoms in total. The molecule has 0 heterocycles. The highest BCUT2D eigenvalue weighted by Crippen LogP contribution is 2.43. The van der Waals surface area contributed by atoms with Crippen LogP contribution >= 0.6 is 0 Å². The highest BCUT2D eigenvalue weighted by atomic mass is 19.2. The van der Waals surface area contributed by atoms with Crippen molar-refractivity contribution in [3.8, 4) is 0 Å². The molecule has 2 N–H and O–H groups in total. The highest BCUT2D eigenvalue weighted by Gasteiger charge is 2.30. The van der Waals surface area contributed by atoms with Crippen LogP contribution in [-0.2, 0) is 0 Å². The van der Waals surface area contributed by atoms with Gasteiger partial charge in [-0.05, 0) is 73.5 Å². The maximum atomic E-state index is 13.6. The summed E-state index contributed by atoms with van der Waals surface area (Å²) >= 11 is 0. The molecule has 0 bridgehead atoms. The van der Waals surface area contributed by atoms with Crippen LogP contribution in [0.25, 0.3) is 0 Å². The predicted molar refractivity (Wildman–Crippen MR) is 95.8 cm³/mol. The topological polar surface area (TPSA) is 26.0 Å². The van der Waals surface area contributed by atoms with E-state index in [9.17, 15) is 8.78 Å². The molecule has 0 aliphatic heterocycles. The lowest BCUT2D eigenvalue weighted by molar-refractivity contribution is 0.211. The van der Waals surface area contributed by atoms with Crippen molar-refractivity contribution in [2.24, 2.45) is 17.8 Å². The zero-order valence-corrected chi connectivity index (χ0v) is 14.9. The van der Waals surface area contributed by atoms with E-state index >= 15 is 0 Å². The second-order valence-corrected chi connectivity index (χ2v) is 8.06. The molecule has 3 heteroatoms. The van der Waals surface area contributed by atoms with Gasteiger partial charge in [-0.25, -0.2) is 8.78 Å². The summed E-state index contributed by atoms with van der Waals surface area (Å²) in [7, 11) is 0. The molecule has 1 aromatic rings. The van der Waals surface area contributed by atoms with Gasteiger partial charge in [0.05, 0.1) is 5.69 Å². The van der Waals surface area contributed by atoms with Gasteiger partial charge in [-0.1, -0.05) is 39.0 Å². The summed E-state index contributed by atoms with van der Waals surface area (Å²) in [6, 6.07) is 3.00. The van der Waals surface area contributed by atoms with Gasteiger partial charge in [-0.2, -0.15) is 0 Å². The van der Waals surface area contributed by atoms with Gasteiger partial charge in [0.1, 0.15) is 0 Å². The molecule has 2 atom stereocenters. The van der Waals surface area contributed by atoms with Crippen LogP contribution in [0.3, 0.4) is 0 Å². The standard InChI is InChI=1S/C21H31F2N/c1-2-14-4-3-5-15(7-6-14)16-8-10-17(11-9-16)18-12-19(22)21(23)20(24)13-18/h12-17H,2-11,24H2,1H3. The Bertz CT molecular complexity index is 526. The van der Waals surface area contributed by atoms with E-state index in [1.54, 1.807) is 6.07 Å². The Hall–Kier alpha value is -1.12. The molecule has 2 aliphatic carbocycles. The maximum absolute atomic E-state index is 13.6. The summed E-state index contributed by atoms with van der Waals surface area (Å²) < 4.78 is 27.0. The number of hydrogen-bond donors (Lipinski definition) is 1. The SMILES string of the molecule is CCC1CCCC(C2CCC(c3cc(N)c(F)c(F)c3)CC2)CC1. The van der Waals surface area contributed by atoms with Crippen LogP contribution in [-0.4, -0.2) is 0 Å². The number of nitrogen functional groups attached to an aromatic ring is 1. The minimum atomic E-state index is -0.906. The number of rotatable bonds is 3. The smallest absolute Gasteiger partial charge is 0.181 e. The Balaban J connectivity index is 1.58. The molecule has 2 saturated carbocycles. The number of halogens is 2. The van der Waals surface area contributed by atoms with Crippen molar-refractivity contribution in [2.45, 2.75) is 77.0 Å². The van der Waals surface area contributed by atoms with Crippen molar-refractivity contribution in [3.05, 3.63) is 29.3 Å². The van der Waals surface area contributed by atoms with E-state index in [1.807, 2.05) is 0 Å². The minimum absolute atomic E-state index is 0.0542. The van der Waals surface area contributed by atoms with Gasteiger partial charge in [0, 0.05) is 0 Å². The van der Waals surface area contributed by atoms with E-state index in [0.717, 1.165) is 36.2 Å². The third-order valence-electron chi connectivity index (χ3n) is 6.70. The van der Waals surface area contributed by atoms with Crippen LogP contribution in [0.2, 0.25) is 0 Å². The van der Waals surface area contributed by atoms with Gasteiger partial charge in [0.2, 0.25) is 0 Å². The number of hydrogen-bond acceptors (Lipinski definition) is 1. The number of benzene rings is 1. The molecule has 2 unspecified atom stereocenters. The molecule has 0 amide bonds. The average molecular weight is 335 g/mol. The van der Waals surface area contributed by atoms with Gasteiger partial charge >= 0.3 is 0 Å². The van der Waals surface area contributed by atoms with Crippen molar-refractivity contribution >= 4 is 5.69 Å². The van der Waals surface area contributed by atoms with Crippen LogP contribution in [0, 0.1) is 29.4 Å². The van der Waals surface area contributed by atoms with E-state index in [0.29, 0.717) is 5.92 Å². The normalized spacial score (nSPS) is 31.6. The second-order valence-electron chi connectivity index (χ2n) is 8.06. The molecular weight excluding hydrogens is 304 g/mol. The van der Waals surface area contributed by atoms with Gasteiger partial charge in [-0.3, -0.25) is 0 Å². The van der Waals surface area contributed by atoms with Crippen molar-refractivity contribution in [2.75, 3.05) is 5.73 Å². The predicted octanol–water partition coefficient (Wildman–Crippen LogP) is 6.43. The minimum Gasteiger partial charge on any atom is -0.396 e. The summed E-state index contributed by atoms with van der Waals surface area (Å²) in [6.45, 7) is 2.32. The van der Waals surface area contributed by atoms with Crippen LogP contribution < -0.4 is 5.73 Å². The van der Waals surface area contributed by atoms with Gasteiger partial charge < -0.3 is 5.73 Å². The number of anilines is 1. The Morgan fingerprint density at radius 3 is 2.25 bits per heavy atom. The molecule has 2 fully saturated rings. The molecule has 0 spiro atoms. The third kappa shape index (κ3) is 3.92. The van der Waals surface area contributed by atoms with Crippen LogP contribution in [0.5, 0.6) is 0 Å². The molecule has 134 valence electrons. The first-order valence-corrected chi connectivity index (χ1v) is 9.82. The second kappa shape index (κ2) is 7.84. The van der Waals surface area contributed by atoms with E-state index in [4.69, 9.17) is 5.73 Å². The molecule has 0 saturated heterocycles. The Labute approximate surface area is 145 Å². The maximum Gasteiger partial charge on any atom is 0.181 e. The quantitative estimate of drug-likeness (QED) is 0.500. The lowest BCUT2D eigenvalue weighted by Crippen LogP contribution is -2.21. The molecular formula is C21H31F2N. The Morgan fingerprint density at radius 2 is 1.58 bits per heavy atom. The highest BCUT2D eigenvalue weighted by molar-refractivity contribution is 5.44. The Kier molecular flexibility index (Phi) is 5.78. The van der Waals surface area contributed by atoms with Crippen molar-refractivity contribution in [1.29, 1.82) is 0 Å². The fourth-order valence-corrected chi connectivity index (χ4v) is 5.08. The third-order valence-corrected chi connectivity index (χ3v) is 6.70. The average Bonchev–Trinajstić information content (AvgIpc) is 2.85. The van der Waals surface area contributed by atoms with Crippen LogP contribution in [0.4, 0.5) is 14.5 Å².